The van der Waals surface area contributed by atoms with Gasteiger partial charge in [0.05, 0.1) is 0 Å². The van der Waals surface area contributed by atoms with E-state index >= 15 is 0 Å². The van der Waals surface area contributed by atoms with E-state index in [9.17, 15) is 9.59 Å². The van der Waals surface area contributed by atoms with Crippen LogP contribution in [-0.2, 0) is 0 Å². The van der Waals surface area contributed by atoms with E-state index in [1.807, 2.05) is 4.93 Å². The first kappa shape index (κ1) is 8.68. The van der Waals surface area contributed by atoms with Gasteiger partial charge in [-0.3, -0.25) is 0 Å². The number of imide groups is 1. The molecule has 2 amide bonds. The van der Waals surface area contributed by atoms with Gasteiger partial charge in [0.25, 0.3) is 0 Å². The number of fused-ring (bicyclic) bond motifs is 1. The summed E-state index contributed by atoms with van der Waals surface area (Å²) in [6.45, 7) is 0. The third-order valence-electron chi connectivity index (χ3n) is 1.91. The van der Waals surface area contributed by atoms with Crippen molar-refractivity contribution in [1.82, 2.24) is 3.11 Å². The van der Waals surface area contributed by atoms with Crippen LogP contribution in [0.15, 0.2) is 24.3 Å². The molecule has 0 atom stereocenters. The number of benzene rings is 1. The van der Waals surface area contributed by atoms with Gasteiger partial charge in [0.2, 0.25) is 0 Å². The molecule has 1 aromatic carbocycles. The van der Waals surface area contributed by atoms with Gasteiger partial charge in [0.1, 0.15) is 0 Å². The first-order valence-corrected chi connectivity index (χ1v) is 6.85. The number of rotatable bonds is 1. The summed E-state index contributed by atoms with van der Waals surface area (Å²) in [6, 6.07) is 6.97. The Balaban J connectivity index is 2.57. The molecule has 0 unspecified atom stereocenters. The average Bonchev–Trinajstić information content (AvgIpc) is 2.41. The molecule has 68 valence electrons. The topological polar surface area (TPSA) is 37.4 Å². The quantitative estimate of drug-likeness (QED) is 0.257. The zero-order chi connectivity index (χ0) is 9.42. The summed E-state index contributed by atoms with van der Waals surface area (Å²) in [6.07, 6.45) is 0. The molecule has 0 saturated carbocycles. The normalized spacial score (nSPS) is 15.3. The number of nitrogens with zero attached hydrogens (tertiary/aromatic N) is 1. The molecule has 0 radical (unpaired) electrons. The molecule has 0 N–H and O–H groups in total. The molecule has 0 bridgehead atoms. The van der Waals surface area contributed by atoms with E-state index < -0.39 is 21.5 Å². The van der Waals surface area contributed by atoms with Crippen molar-refractivity contribution in [3.63, 3.8) is 0 Å². The molecular weight excluding hydrogens is 281 g/mol. The predicted molar refractivity (Wildman–Crippen MR) is 42.9 cm³/mol. The predicted octanol–water partition coefficient (Wildman–Crippen LogP) is -2.08. The van der Waals surface area contributed by atoms with Crippen LogP contribution in [0.25, 0.3) is 0 Å². The number of alkyl halides is 1. The van der Waals surface area contributed by atoms with Crippen molar-refractivity contribution in [3.05, 3.63) is 35.4 Å². The molecule has 0 saturated heterocycles. The second kappa shape index (κ2) is 3.10. The van der Waals surface area contributed by atoms with E-state index in [1.165, 1.54) is 3.11 Å². The van der Waals surface area contributed by atoms with Crippen LogP contribution in [0.4, 0.5) is 0 Å². The molecule has 0 spiro atoms. The third-order valence-corrected chi connectivity index (χ3v) is 3.75. The number of carbonyl (C=O) groups is 2. The Labute approximate surface area is 86.3 Å². The van der Waals surface area contributed by atoms with Crippen LogP contribution in [0.1, 0.15) is 20.7 Å². The molecule has 1 aliphatic heterocycles. The Morgan fingerprint density at radius 1 is 1.08 bits per heavy atom. The van der Waals surface area contributed by atoms with Crippen LogP contribution in [0.3, 0.4) is 0 Å². The Kier molecular flexibility index (Phi) is 2.07. The van der Waals surface area contributed by atoms with Gasteiger partial charge < -0.3 is 0 Å². The average molecular weight is 288 g/mol. The minimum atomic E-state index is -0.491. The first-order chi connectivity index (χ1) is 6.25. The molecule has 2 rings (SSSR count). The van der Waals surface area contributed by atoms with E-state index in [1.54, 1.807) is 24.3 Å². The second-order valence-corrected chi connectivity index (χ2v) is 4.54. The van der Waals surface area contributed by atoms with Crippen molar-refractivity contribution in [1.29, 1.82) is 0 Å². The van der Waals surface area contributed by atoms with Crippen molar-refractivity contribution in [2.45, 2.75) is 0 Å². The third kappa shape index (κ3) is 1.16. The van der Waals surface area contributed by atoms with E-state index in [4.69, 9.17) is 0 Å². The standard InChI is InChI=1S/C9H7INO2/c1-10-11-8(12)6-4-2-3-5-7(6)9(11)13/h2-5H,1H3/q-1. The molecule has 0 fully saturated rings. The fourth-order valence-corrected chi connectivity index (χ4v) is 2.71. The molecule has 1 aromatic rings. The molecule has 3 nitrogen and oxygen atoms in total. The summed E-state index contributed by atoms with van der Waals surface area (Å²) in [7, 11) is 0. The van der Waals surface area contributed by atoms with E-state index in [0.29, 0.717) is 11.1 Å². The Hall–Kier alpha value is -0.910. The van der Waals surface area contributed by atoms with E-state index in [2.05, 4.69) is 0 Å². The molecule has 1 aliphatic rings. The minimum absolute atomic E-state index is 0.129. The Morgan fingerprint density at radius 2 is 1.54 bits per heavy atom. The van der Waals surface area contributed by atoms with Gasteiger partial charge in [-0.1, -0.05) is 0 Å². The molecular formula is C9H7INO2-. The fourth-order valence-electron chi connectivity index (χ4n) is 1.31. The maximum absolute atomic E-state index is 11.6. The van der Waals surface area contributed by atoms with Crippen LogP contribution in [-0.4, -0.2) is 19.9 Å². The van der Waals surface area contributed by atoms with Crippen molar-refractivity contribution in [3.8, 4) is 0 Å². The Bertz CT molecular complexity index is 354. The van der Waals surface area contributed by atoms with Gasteiger partial charge in [-0.15, -0.1) is 0 Å². The van der Waals surface area contributed by atoms with Gasteiger partial charge in [-0.25, -0.2) is 0 Å². The number of hydrogen-bond donors (Lipinski definition) is 0. The molecule has 1 heterocycles. The summed E-state index contributed by atoms with van der Waals surface area (Å²) in [4.78, 5) is 25.0. The van der Waals surface area contributed by atoms with Crippen molar-refractivity contribution < 1.29 is 31.1 Å². The number of carbonyl (C=O) groups excluding carboxylic acids is 2. The number of hydrogen-bond acceptors (Lipinski definition) is 2. The maximum atomic E-state index is 11.6. The van der Waals surface area contributed by atoms with Crippen molar-refractivity contribution in [2.75, 3.05) is 4.93 Å². The zero-order valence-corrected chi connectivity index (χ0v) is 9.11. The van der Waals surface area contributed by atoms with Gasteiger partial charge in [-0.2, -0.15) is 0 Å². The van der Waals surface area contributed by atoms with Gasteiger partial charge in [0.15, 0.2) is 0 Å². The second-order valence-electron chi connectivity index (χ2n) is 2.61. The van der Waals surface area contributed by atoms with Crippen LogP contribution >= 0.6 is 0 Å². The summed E-state index contributed by atoms with van der Waals surface area (Å²) in [5.41, 5.74) is 1.10. The van der Waals surface area contributed by atoms with Crippen LogP contribution < -0.4 is 21.5 Å². The zero-order valence-electron chi connectivity index (χ0n) is 6.95. The molecule has 13 heavy (non-hydrogen) atoms. The van der Waals surface area contributed by atoms with Gasteiger partial charge in [0, 0.05) is 0 Å². The Morgan fingerprint density at radius 3 is 1.92 bits per heavy atom. The monoisotopic (exact) mass is 288 g/mol. The number of amides is 2. The number of halogens is 1. The first-order valence-electron chi connectivity index (χ1n) is 3.73. The molecule has 0 aliphatic carbocycles. The summed E-state index contributed by atoms with van der Waals surface area (Å²) in [5, 5.41) is 0. The summed E-state index contributed by atoms with van der Waals surface area (Å²) in [5.74, 6) is -0.258. The van der Waals surface area contributed by atoms with Crippen LogP contribution in [0.2, 0.25) is 0 Å². The van der Waals surface area contributed by atoms with Gasteiger partial charge >= 0.3 is 86.3 Å². The fraction of sp³-hybridized carbons (Fsp3) is 0.111. The summed E-state index contributed by atoms with van der Waals surface area (Å²) < 4.78 is 1.36. The van der Waals surface area contributed by atoms with Crippen LogP contribution in [0.5, 0.6) is 0 Å². The van der Waals surface area contributed by atoms with Crippen LogP contribution in [0, 0.1) is 0 Å². The van der Waals surface area contributed by atoms with Crippen molar-refractivity contribution >= 4 is 11.8 Å². The van der Waals surface area contributed by atoms with E-state index in [-0.39, 0.29) is 11.8 Å². The van der Waals surface area contributed by atoms with Gasteiger partial charge in [-0.05, 0) is 0 Å². The molecule has 4 heteroatoms. The molecule has 0 aromatic heterocycles. The van der Waals surface area contributed by atoms with Crippen molar-refractivity contribution in [2.24, 2.45) is 0 Å². The van der Waals surface area contributed by atoms with E-state index in [0.717, 1.165) is 0 Å². The SMILES string of the molecule is C[I-]N1C(=O)c2ccccc2C1=O. The summed E-state index contributed by atoms with van der Waals surface area (Å²) >= 11 is -0.491.